The lowest BCUT2D eigenvalue weighted by Gasteiger charge is -2.06. The first-order valence-electron chi connectivity index (χ1n) is 5.26. The predicted octanol–water partition coefficient (Wildman–Crippen LogP) is 3.80. The molecule has 3 rings (SSSR count). The third-order valence-corrected chi connectivity index (χ3v) is 2.84. The van der Waals surface area contributed by atoms with Gasteiger partial charge in [-0.25, -0.2) is 0 Å². The average Bonchev–Trinajstić information content (AvgIpc) is 2.35. The van der Waals surface area contributed by atoms with Gasteiger partial charge in [0.05, 0.1) is 7.11 Å². The zero-order valence-corrected chi connectivity index (χ0v) is 9.03. The van der Waals surface area contributed by atoms with Crippen molar-refractivity contribution in [3.8, 4) is 5.75 Å². The number of fused-ring (bicyclic) bond motifs is 2. The molecular weight excluding hydrogens is 196 g/mol. The molecule has 0 bridgehead atoms. The minimum Gasteiger partial charge on any atom is -0.496 e. The molecule has 1 radical (unpaired) electrons. The van der Waals surface area contributed by atoms with Crippen LogP contribution >= 0.6 is 0 Å². The fourth-order valence-corrected chi connectivity index (χ4v) is 2.04. The van der Waals surface area contributed by atoms with Crippen LogP contribution in [0.25, 0.3) is 21.5 Å². The lowest BCUT2D eigenvalue weighted by Crippen LogP contribution is -1.84. The zero-order chi connectivity index (χ0) is 11.0. The number of rotatable bonds is 1. The number of hydrogen-bond donors (Lipinski definition) is 0. The second-order valence-corrected chi connectivity index (χ2v) is 3.79. The monoisotopic (exact) mass is 207 g/mol. The highest BCUT2D eigenvalue weighted by atomic mass is 16.5. The maximum absolute atomic E-state index is 5.36. The Labute approximate surface area is 94.3 Å². The lowest BCUT2D eigenvalue weighted by molar-refractivity contribution is 0.420. The fraction of sp³-hybridized carbons (Fsp3) is 0.0667. The molecule has 16 heavy (non-hydrogen) atoms. The van der Waals surface area contributed by atoms with Crippen molar-refractivity contribution in [2.75, 3.05) is 7.11 Å². The lowest BCUT2D eigenvalue weighted by atomic mass is 10.0. The van der Waals surface area contributed by atoms with Crippen molar-refractivity contribution in [3.05, 3.63) is 54.6 Å². The molecule has 3 aromatic carbocycles. The van der Waals surface area contributed by atoms with Crippen molar-refractivity contribution >= 4 is 21.5 Å². The van der Waals surface area contributed by atoms with Gasteiger partial charge in [-0.1, -0.05) is 30.3 Å². The van der Waals surface area contributed by atoms with Crippen LogP contribution in [0.2, 0.25) is 0 Å². The van der Waals surface area contributed by atoms with E-state index in [1.165, 1.54) is 10.8 Å². The second kappa shape index (κ2) is 3.53. The molecule has 0 unspecified atom stereocenters. The summed E-state index contributed by atoms with van der Waals surface area (Å²) in [5.41, 5.74) is 0. The van der Waals surface area contributed by atoms with Gasteiger partial charge in [-0.05, 0) is 40.4 Å². The van der Waals surface area contributed by atoms with E-state index in [0.29, 0.717) is 0 Å². The van der Waals surface area contributed by atoms with Crippen molar-refractivity contribution in [2.45, 2.75) is 0 Å². The Kier molecular flexibility index (Phi) is 2.03. The van der Waals surface area contributed by atoms with Crippen molar-refractivity contribution in [2.24, 2.45) is 0 Å². The maximum atomic E-state index is 5.36. The second-order valence-electron chi connectivity index (χ2n) is 3.79. The summed E-state index contributed by atoms with van der Waals surface area (Å²) < 4.78 is 5.36. The number of hydrogen-bond acceptors (Lipinski definition) is 1. The van der Waals surface area contributed by atoms with Gasteiger partial charge in [0.25, 0.3) is 0 Å². The van der Waals surface area contributed by atoms with Crippen LogP contribution in [-0.2, 0) is 0 Å². The van der Waals surface area contributed by atoms with Gasteiger partial charge in [0, 0.05) is 5.39 Å². The standard InChI is InChI=1S/C15H11O/c1-16-15-8-4-7-13-9-11-5-2-3-6-12(11)10-14(13)15/h2-5,7-10H,1H3. The summed E-state index contributed by atoms with van der Waals surface area (Å²) in [6.07, 6.45) is 0. The van der Waals surface area contributed by atoms with E-state index in [0.717, 1.165) is 16.5 Å². The van der Waals surface area contributed by atoms with E-state index >= 15 is 0 Å². The Hall–Kier alpha value is -2.02. The van der Waals surface area contributed by atoms with E-state index in [-0.39, 0.29) is 0 Å². The highest BCUT2D eigenvalue weighted by Gasteiger charge is 2.02. The summed E-state index contributed by atoms with van der Waals surface area (Å²) >= 11 is 0. The van der Waals surface area contributed by atoms with Gasteiger partial charge in [0.15, 0.2) is 0 Å². The first kappa shape index (κ1) is 9.22. The summed E-state index contributed by atoms with van der Waals surface area (Å²) in [6, 6.07) is 19.7. The van der Waals surface area contributed by atoms with E-state index in [2.05, 4.69) is 30.3 Å². The van der Waals surface area contributed by atoms with Gasteiger partial charge < -0.3 is 4.74 Å². The van der Waals surface area contributed by atoms with Crippen LogP contribution in [0, 0.1) is 6.07 Å². The van der Waals surface area contributed by atoms with Crippen molar-refractivity contribution in [1.29, 1.82) is 0 Å². The Bertz CT molecular complexity index is 656. The molecule has 77 valence electrons. The molecule has 0 atom stereocenters. The van der Waals surface area contributed by atoms with Crippen molar-refractivity contribution in [3.63, 3.8) is 0 Å². The van der Waals surface area contributed by atoms with Crippen molar-refractivity contribution in [1.82, 2.24) is 0 Å². The number of methoxy groups -OCH3 is 1. The first-order chi connectivity index (χ1) is 7.88. The van der Waals surface area contributed by atoms with Crippen molar-refractivity contribution < 1.29 is 4.74 Å². The molecule has 1 nitrogen and oxygen atoms in total. The summed E-state index contributed by atoms with van der Waals surface area (Å²) in [6.45, 7) is 0. The Morgan fingerprint density at radius 3 is 2.75 bits per heavy atom. The molecule has 0 amide bonds. The van der Waals surface area contributed by atoms with Crippen LogP contribution < -0.4 is 4.74 Å². The zero-order valence-electron chi connectivity index (χ0n) is 9.03. The molecule has 0 aliphatic heterocycles. The predicted molar refractivity (Wildman–Crippen MR) is 66.8 cm³/mol. The summed E-state index contributed by atoms with van der Waals surface area (Å²) in [5.74, 6) is 0.914. The molecule has 0 fully saturated rings. The normalized spacial score (nSPS) is 10.8. The summed E-state index contributed by atoms with van der Waals surface area (Å²) in [4.78, 5) is 0. The highest BCUT2D eigenvalue weighted by molar-refractivity contribution is 6.00. The quantitative estimate of drug-likeness (QED) is 0.551. The maximum Gasteiger partial charge on any atom is 0.126 e. The molecular formula is C15H11O. The van der Waals surface area contributed by atoms with Crippen LogP contribution in [0.5, 0.6) is 5.75 Å². The molecule has 0 heterocycles. The van der Waals surface area contributed by atoms with E-state index in [9.17, 15) is 0 Å². The van der Waals surface area contributed by atoms with Crippen LogP contribution in [0.4, 0.5) is 0 Å². The molecule has 0 spiro atoms. The van der Waals surface area contributed by atoms with E-state index in [4.69, 9.17) is 4.74 Å². The fourth-order valence-electron chi connectivity index (χ4n) is 2.04. The Morgan fingerprint density at radius 2 is 1.88 bits per heavy atom. The van der Waals surface area contributed by atoms with Gasteiger partial charge in [-0.15, -0.1) is 0 Å². The van der Waals surface area contributed by atoms with Gasteiger partial charge in [-0.3, -0.25) is 0 Å². The molecule has 0 aliphatic carbocycles. The van der Waals surface area contributed by atoms with Crippen LogP contribution in [-0.4, -0.2) is 7.11 Å². The topological polar surface area (TPSA) is 9.23 Å². The minimum absolute atomic E-state index is 0.914. The van der Waals surface area contributed by atoms with Crippen LogP contribution in [0.3, 0.4) is 0 Å². The molecule has 0 N–H and O–H groups in total. The summed E-state index contributed by atoms with van der Waals surface area (Å²) in [5, 5.41) is 4.68. The van der Waals surface area contributed by atoms with E-state index in [1.807, 2.05) is 24.3 Å². The van der Waals surface area contributed by atoms with Crippen LogP contribution in [0.15, 0.2) is 48.5 Å². The van der Waals surface area contributed by atoms with E-state index in [1.54, 1.807) is 7.11 Å². The Balaban J connectivity index is 2.46. The van der Waals surface area contributed by atoms with Crippen LogP contribution in [0.1, 0.15) is 0 Å². The number of ether oxygens (including phenoxy) is 1. The third-order valence-electron chi connectivity index (χ3n) is 2.84. The van der Waals surface area contributed by atoms with Gasteiger partial charge in [0.2, 0.25) is 0 Å². The summed E-state index contributed by atoms with van der Waals surface area (Å²) in [7, 11) is 1.70. The van der Waals surface area contributed by atoms with Gasteiger partial charge >= 0.3 is 0 Å². The highest BCUT2D eigenvalue weighted by Crippen LogP contribution is 2.29. The third kappa shape index (κ3) is 1.33. The average molecular weight is 207 g/mol. The molecule has 0 saturated carbocycles. The largest absolute Gasteiger partial charge is 0.496 e. The van der Waals surface area contributed by atoms with Gasteiger partial charge in [0.1, 0.15) is 5.75 Å². The smallest absolute Gasteiger partial charge is 0.126 e. The molecule has 0 aromatic heterocycles. The molecule has 1 heteroatoms. The SMILES string of the molecule is COc1cccc2cc3ccc[c]c3cc12. The minimum atomic E-state index is 0.914. The Morgan fingerprint density at radius 1 is 1.00 bits per heavy atom. The number of benzene rings is 3. The van der Waals surface area contributed by atoms with Gasteiger partial charge in [-0.2, -0.15) is 0 Å². The molecule has 0 aliphatic rings. The molecule has 0 saturated heterocycles. The molecule has 3 aromatic rings. The van der Waals surface area contributed by atoms with E-state index < -0.39 is 0 Å². The first-order valence-corrected chi connectivity index (χ1v) is 5.26.